The molecule has 1 saturated carbocycles. The van der Waals surface area contributed by atoms with Crippen LogP contribution in [-0.4, -0.2) is 56.6 Å². The number of halogens is 1. The zero-order valence-corrected chi connectivity index (χ0v) is 19.4. The minimum Gasteiger partial charge on any atom is -0.349 e. The zero-order chi connectivity index (χ0) is 23.6. The van der Waals surface area contributed by atoms with E-state index in [1.165, 1.54) is 12.1 Å². The molecule has 2 aromatic rings. The topological polar surface area (TPSA) is 116 Å². The number of urea groups is 1. The van der Waals surface area contributed by atoms with Crippen molar-refractivity contribution < 1.29 is 14.0 Å². The van der Waals surface area contributed by atoms with Gasteiger partial charge >= 0.3 is 6.03 Å². The smallest absolute Gasteiger partial charge is 0.321 e. The normalized spacial score (nSPS) is 17.9. The minimum atomic E-state index is -0.741. The lowest BCUT2D eigenvalue weighted by Gasteiger charge is -2.38. The molecular formula is C23H32FN7O2. The van der Waals surface area contributed by atoms with Crippen molar-refractivity contribution in [2.24, 2.45) is 11.3 Å². The van der Waals surface area contributed by atoms with E-state index in [0.717, 1.165) is 38.5 Å². The maximum atomic E-state index is 15.2. The highest BCUT2D eigenvalue weighted by Crippen LogP contribution is 2.34. The van der Waals surface area contributed by atoms with Crippen molar-refractivity contribution in [1.82, 2.24) is 30.8 Å². The maximum absolute atomic E-state index is 15.2. The molecule has 1 aliphatic carbocycles. The minimum absolute atomic E-state index is 0.0328. The second-order valence-corrected chi connectivity index (χ2v) is 10.1. The number of aromatic nitrogens is 4. The largest absolute Gasteiger partial charge is 0.349 e. The van der Waals surface area contributed by atoms with Crippen molar-refractivity contribution in [2.75, 3.05) is 18.4 Å². The molecule has 10 heteroatoms. The van der Waals surface area contributed by atoms with Gasteiger partial charge in [0.1, 0.15) is 5.82 Å². The first-order valence-corrected chi connectivity index (χ1v) is 11.7. The first-order valence-electron chi connectivity index (χ1n) is 11.7. The van der Waals surface area contributed by atoms with E-state index in [1.807, 2.05) is 0 Å². The first-order chi connectivity index (χ1) is 15.7. The molecule has 3 amide bonds. The van der Waals surface area contributed by atoms with E-state index < -0.39 is 11.7 Å². The van der Waals surface area contributed by atoms with Crippen molar-refractivity contribution in [3.05, 3.63) is 23.5 Å². The number of nitrogens with one attached hydrogen (secondary N) is 3. The number of amides is 3. The lowest BCUT2D eigenvalue weighted by atomic mass is 9.75. The van der Waals surface area contributed by atoms with E-state index in [2.05, 4.69) is 52.0 Å². The van der Waals surface area contributed by atoms with Crippen LogP contribution in [0, 0.1) is 17.2 Å². The fourth-order valence-corrected chi connectivity index (χ4v) is 4.84. The molecule has 0 radical (unpaired) electrons. The molecule has 1 aliphatic heterocycles. The number of benzene rings is 1. The lowest BCUT2D eigenvalue weighted by molar-refractivity contribution is 0.0934. The summed E-state index contributed by atoms with van der Waals surface area (Å²) in [5, 5.41) is 19.4. The van der Waals surface area contributed by atoms with Gasteiger partial charge in [0.05, 0.1) is 5.56 Å². The van der Waals surface area contributed by atoms with E-state index in [9.17, 15) is 9.59 Å². The molecular weight excluding hydrogens is 425 g/mol. The summed E-state index contributed by atoms with van der Waals surface area (Å²) in [7, 11) is 0. The third-order valence-electron chi connectivity index (χ3n) is 6.85. The molecule has 4 rings (SSSR count). The monoisotopic (exact) mass is 457 g/mol. The maximum Gasteiger partial charge on any atom is 0.321 e. The van der Waals surface area contributed by atoms with Gasteiger partial charge in [-0.2, -0.15) is 5.21 Å². The Morgan fingerprint density at radius 1 is 1.12 bits per heavy atom. The van der Waals surface area contributed by atoms with Gasteiger partial charge in [-0.1, -0.05) is 33.6 Å². The number of aromatic amines is 1. The van der Waals surface area contributed by atoms with E-state index in [1.54, 1.807) is 4.90 Å². The molecule has 3 N–H and O–H groups in total. The van der Waals surface area contributed by atoms with E-state index in [4.69, 9.17) is 0 Å². The SMILES string of the molecule is CC(C)(C)C1CCN(C(=O)Nc2cc(F)c(C(=O)NC3CCCC3)c(-c3nn[nH]n3)c2)CC1. The Balaban J connectivity index is 1.52. The van der Waals surface area contributed by atoms with Gasteiger partial charge in [-0.05, 0) is 54.4 Å². The van der Waals surface area contributed by atoms with Gasteiger partial charge in [0.25, 0.3) is 5.91 Å². The molecule has 9 nitrogen and oxygen atoms in total. The van der Waals surface area contributed by atoms with Crippen LogP contribution >= 0.6 is 0 Å². The quantitative estimate of drug-likeness (QED) is 0.642. The Hall–Kier alpha value is -3.04. The van der Waals surface area contributed by atoms with Gasteiger partial charge in [-0.25, -0.2) is 9.18 Å². The molecule has 33 heavy (non-hydrogen) atoms. The van der Waals surface area contributed by atoms with Crippen molar-refractivity contribution in [2.45, 2.75) is 65.3 Å². The second-order valence-electron chi connectivity index (χ2n) is 10.1. The number of carbonyl (C=O) groups is 2. The van der Waals surface area contributed by atoms with Crippen LogP contribution in [0.25, 0.3) is 11.4 Å². The highest BCUT2D eigenvalue weighted by atomic mass is 19.1. The molecule has 1 aromatic heterocycles. The van der Waals surface area contributed by atoms with Gasteiger partial charge in [0, 0.05) is 30.4 Å². The molecule has 0 unspecified atom stereocenters. The average molecular weight is 458 g/mol. The number of H-pyrrole nitrogens is 1. The summed E-state index contributed by atoms with van der Waals surface area (Å²) in [6.07, 6.45) is 5.71. The van der Waals surface area contributed by atoms with Crippen LogP contribution in [0.1, 0.15) is 69.7 Å². The van der Waals surface area contributed by atoms with Crippen molar-refractivity contribution in [3.63, 3.8) is 0 Å². The third kappa shape index (κ3) is 5.31. The van der Waals surface area contributed by atoms with Gasteiger partial charge in [0.15, 0.2) is 0 Å². The number of anilines is 1. The molecule has 1 saturated heterocycles. The van der Waals surface area contributed by atoms with Crippen LogP contribution in [0.15, 0.2) is 12.1 Å². The van der Waals surface area contributed by atoms with Crippen molar-refractivity contribution in [1.29, 1.82) is 0 Å². The molecule has 2 heterocycles. The summed E-state index contributed by atoms with van der Waals surface area (Å²) in [6.45, 7) is 7.96. The molecule has 2 aliphatic rings. The Morgan fingerprint density at radius 2 is 1.82 bits per heavy atom. The van der Waals surface area contributed by atoms with Gasteiger partial charge < -0.3 is 15.5 Å². The summed E-state index contributed by atoms with van der Waals surface area (Å²) in [5.74, 6) is -0.607. The Kier molecular flexibility index (Phi) is 6.62. The van der Waals surface area contributed by atoms with Gasteiger partial charge in [-0.15, -0.1) is 10.2 Å². The Labute approximate surface area is 192 Å². The number of likely N-dealkylation sites (tertiary alicyclic amines) is 1. The van der Waals surface area contributed by atoms with Crippen LogP contribution in [-0.2, 0) is 0 Å². The average Bonchev–Trinajstić information content (AvgIpc) is 3.47. The standard InChI is InChI=1S/C23H32FN7O2/c1-23(2,3)14-8-10-31(11-9-14)22(33)26-16-12-17(20-27-29-30-28-20)19(18(24)13-16)21(32)25-15-6-4-5-7-15/h12-15H,4-11H2,1-3H3,(H,25,32)(H,26,33)(H,27,28,29,30). The molecule has 2 fully saturated rings. The van der Waals surface area contributed by atoms with Crippen LogP contribution < -0.4 is 10.6 Å². The summed E-state index contributed by atoms with van der Waals surface area (Å²) < 4.78 is 15.2. The highest BCUT2D eigenvalue weighted by Gasteiger charge is 2.31. The number of piperidine rings is 1. The number of nitrogens with zero attached hydrogens (tertiary/aromatic N) is 4. The summed E-state index contributed by atoms with van der Waals surface area (Å²) >= 11 is 0. The van der Waals surface area contributed by atoms with Gasteiger partial charge in [-0.3, -0.25) is 4.79 Å². The van der Waals surface area contributed by atoms with Crippen molar-refractivity contribution >= 4 is 17.6 Å². The first kappa shape index (κ1) is 23.1. The number of tetrazole rings is 1. The lowest BCUT2D eigenvalue weighted by Crippen LogP contribution is -2.43. The zero-order valence-electron chi connectivity index (χ0n) is 19.4. The second kappa shape index (κ2) is 9.44. The number of hydrogen-bond acceptors (Lipinski definition) is 5. The summed E-state index contributed by atoms with van der Waals surface area (Å²) in [5.41, 5.74) is 0.487. The van der Waals surface area contributed by atoms with E-state index in [-0.39, 0.29) is 40.1 Å². The Morgan fingerprint density at radius 3 is 2.42 bits per heavy atom. The number of hydrogen-bond donors (Lipinski definition) is 3. The fourth-order valence-electron chi connectivity index (χ4n) is 4.84. The third-order valence-corrected chi connectivity index (χ3v) is 6.85. The predicted octanol–water partition coefficient (Wildman–Crippen LogP) is 3.97. The van der Waals surface area contributed by atoms with Crippen LogP contribution in [0.3, 0.4) is 0 Å². The van der Waals surface area contributed by atoms with E-state index in [0.29, 0.717) is 19.0 Å². The number of carbonyl (C=O) groups excluding carboxylic acids is 2. The van der Waals surface area contributed by atoms with Crippen LogP contribution in [0.4, 0.5) is 14.9 Å². The molecule has 1 aromatic carbocycles. The number of rotatable bonds is 4. The fraction of sp³-hybridized carbons (Fsp3) is 0.609. The van der Waals surface area contributed by atoms with Crippen LogP contribution in [0.5, 0.6) is 0 Å². The predicted molar refractivity (Wildman–Crippen MR) is 122 cm³/mol. The Bertz CT molecular complexity index is 989. The van der Waals surface area contributed by atoms with Gasteiger partial charge in [0.2, 0.25) is 5.82 Å². The molecule has 0 spiro atoms. The summed E-state index contributed by atoms with van der Waals surface area (Å²) in [4.78, 5) is 27.5. The summed E-state index contributed by atoms with van der Waals surface area (Å²) in [6, 6.07) is 2.44. The molecule has 178 valence electrons. The van der Waals surface area contributed by atoms with E-state index >= 15 is 4.39 Å². The molecule has 0 bridgehead atoms. The van der Waals surface area contributed by atoms with Crippen LogP contribution in [0.2, 0.25) is 0 Å². The molecule has 0 atom stereocenters. The highest BCUT2D eigenvalue weighted by molar-refractivity contribution is 6.02. The van der Waals surface area contributed by atoms with Crippen molar-refractivity contribution in [3.8, 4) is 11.4 Å².